The summed E-state index contributed by atoms with van der Waals surface area (Å²) in [6.07, 6.45) is 1.55. The molecule has 2 rings (SSSR count). The predicted octanol–water partition coefficient (Wildman–Crippen LogP) is 2.19. The summed E-state index contributed by atoms with van der Waals surface area (Å²) in [5, 5.41) is 5.56. The van der Waals surface area contributed by atoms with E-state index in [1.165, 1.54) is 6.07 Å². The SMILES string of the molecule is CNc1ccnc(C(=O)NCc2ccccc2F)c1. The molecule has 0 fully saturated rings. The van der Waals surface area contributed by atoms with E-state index in [1.54, 1.807) is 43.6 Å². The number of hydrogen-bond acceptors (Lipinski definition) is 3. The molecule has 0 radical (unpaired) electrons. The maximum atomic E-state index is 13.4. The second-order valence-corrected chi connectivity index (χ2v) is 3.95. The van der Waals surface area contributed by atoms with Crippen LogP contribution < -0.4 is 10.6 Å². The minimum atomic E-state index is -0.334. The zero-order chi connectivity index (χ0) is 13.7. The van der Waals surface area contributed by atoms with E-state index < -0.39 is 0 Å². The van der Waals surface area contributed by atoms with Crippen LogP contribution in [-0.4, -0.2) is 17.9 Å². The Morgan fingerprint density at radius 2 is 2.11 bits per heavy atom. The number of anilines is 1. The Morgan fingerprint density at radius 3 is 2.84 bits per heavy atom. The average molecular weight is 259 g/mol. The van der Waals surface area contributed by atoms with Crippen molar-refractivity contribution in [3.63, 3.8) is 0 Å². The van der Waals surface area contributed by atoms with Crippen molar-refractivity contribution in [1.82, 2.24) is 10.3 Å². The highest BCUT2D eigenvalue weighted by Crippen LogP contribution is 2.08. The largest absolute Gasteiger partial charge is 0.388 e. The van der Waals surface area contributed by atoms with Gasteiger partial charge >= 0.3 is 0 Å². The van der Waals surface area contributed by atoms with Gasteiger partial charge < -0.3 is 10.6 Å². The molecule has 1 aromatic heterocycles. The van der Waals surface area contributed by atoms with Crippen LogP contribution in [0.2, 0.25) is 0 Å². The van der Waals surface area contributed by atoms with Gasteiger partial charge in [0.2, 0.25) is 0 Å². The molecule has 19 heavy (non-hydrogen) atoms. The molecule has 0 aliphatic heterocycles. The number of nitrogens with zero attached hydrogens (tertiary/aromatic N) is 1. The number of rotatable bonds is 4. The Labute approximate surface area is 110 Å². The van der Waals surface area contributed by atoms with Gasteiger partial charge in [0.05, 0.1) is 0 Å². The summed E-state index contributed by atoms with van der Waals surface area (Å²) in [7, 11) is 1.76. The highest BCUT2D eigenvalue weighted by molar-refractivity contribution is 5.93. The number of benzene rings is 1. The Bertz CT molecular complexity index is 586. The number of amides is 1. The van der Waals surface area contributed by atoms with Gasteiger partial charge in [-0.05, 0) is 18.2 Å². The Morgan fingerprint density at radius 1 is 1.32 bits per heavy atom. The first-order valence-corrected chi connectivity index (χ1v) is 5.86. The number of hydrogen-bond donors (Lipinski definition) is 2. The molecule has 4 nitrogen and oxygen atoms in total. The quantitative estimate of drug-likeness (QED) is 0.885. The van der Waals surface area contributed by atoms with Crippen molar-refractivity contribution in [3.8, 4) is 0 Å². The van der Waals surface area contributed by atoms with Gasteiger partial charge in [0.1, 0.15) is 11.5 Å². The second-order valence-electron chi connectivity index (χ2n) is 3.95. The third-order valence-electron chi connectivity index (χ3n) is 2.68. The summed E-state index contributed by atoms with van der Waals surface area (Å²) in [6.45, 7) is 0.136. The van der Waals surface area contributed by atoms with E-state index in [4.69, 9.17) is 0 Å². The second kappa shape index (κ2) is 5.95. The molecule has 0 aliphatic rings. The topological polar surface area (TPSA) is 54.0 Å². The molecule has 2 N–H and O–H groups in total. The summed E-state index contributed by atoms with van der Waals surface area (Å²) in [5.74, 6) is -0.667. The maximum absolute atomic E-state index is 13.4. The average Bonchev–Trinajstić information content (AvgIpc) is 2.46. The molecular weight excluding hydrogens is 245 g/mol. The van der Waals surface area contributed by atoms with Gasteiger partial charge in [-0.3, -0.25) is 9.78 Å². The number of carbonyl (C=O) groups is 1. The van der Waals surface area contributed by atoms with E-state index in [9.17, 15) is 9.18 Å². The molecule has 1 heterocycles. The van der Waals surface area contributed by atoms with Crippen LogP contribution in [0.4, 0.5) is 10.1 Å². The number of halogens is 1. The smallest absolute Gasteiger partial charge is 0.270 e. The first-order chi connectivity index (χ1) is 9.20. The monoisotopic (exact) mass is 259 g/mol. The first kappa shape index (κ1) is 13.0. The summed E-state index contributed by atoms with van der Waals surface area (Å²) >= 11 is 0. The molecular formula is C14H14FN3O. The number of aromatic nitrogens is 1. The molecule has 0 bridgehead atoms. The normalized spacial score (nSPS) is 10.0. The lowest BCUT2D eigenvalue weighted by Crippen LogP contribution is -2.24. The van der Waals surface area contributed by atoms with Crippen molar-refractivity contribution in [3.05, 3.63) is 59.7 Å². The van der Waals surface area contributed by atoms with Crippen LogP contribution in [0.25, 0.3) is 0 Å². The van der Waals surface area contributed by atoms with E-state index in [1.807, 2.05) is 0 Å². The van der Waals surface area contributed by atoms with Crippen molar-refractivity contribution < 1.29 is 9.18 Å². The molecule has 0 spiro atoms. The fourth-order valence-corrected chi connectivity index (χ4v) is 1.62. The van der Waals surface area contributed by atoms with E-state index >= 15 is 0 Å². The number of nitrogens with one attached hydrogen (secondary N) is 2. The van der Waals surface area contributed by atoms with Gasteiger partial charge in [-0.25, -0.2) is 4.39 Å². The minimum absolute atomic E-state index is 0.136. The van der Waals surface area contributed by atoms with Gasteiger partial charge in [0.15, 0.2) is 0 Å². The van der Waals surface area contributed by atoms with Crippen LogP contribution in [0.5, 0.6) is 0 Å². The van der Waals surface area contributed by atoms with E-state index in [-0.39, 0.29) is 18.3 Å². The summed E-state index contributed by atoms with van der Waals surface area (Å²) in [4.78, 5) is 15.8. The van der Waals surface area contributed by atoms with Crippen molar-refractivity contribution in [2.24, 2.45) is 0 Å². The molecule has 98 valence electrons. The predicted molar refractivity (Wildman–Crippen MR) is 71.4 cm³/mol. The molecule has 2 aromatic rings. The Kier molecular flexibility index (Phi) is 4.07. The van der Waals surface area contributed by atoms with Crippen LogP contribution in [0, 0.1) is 5.82 Å². The Hall–Kier alpha value is -2.43. The summed E-state index contributed by atoms with van der Waals surface area (Å²) in [6, 6.07) is 9.72. The van der Waals surface area contributed by atoms with Crippen LogP contribution >= 0.6 is 0 Å². The first-order valence-electron chi connectivity index (χ1n) is 5.86. The van der Waals surface area contributed by atoms with Gasteiger partial charge in [0, 0.05) is 31.0 Å². The van der Waals surface area contributed by atoms with Gasteiger partial charge in [-0.1, -0.05) is 18.2 Å². The van der Waals surface area contributed by atoms with E-state index in [0.717, 1.165) is 5.69 Å². The number of carbonyl (C=O) groups excluding carboxylic acids is 1. The standard InChI is InChI=1S/C14H14FN3O/c1-16-11-6-7-17-13(8-11)14(19)18-9-10-4-2-3-5-12(10)15/h2-8H,9H2,1H3,(H,16,17)(H,18,19). The summed E-state index contributed by atoms with van der Waals surface area (Å²) < 4.78 is 13.4. The molecule has 0 atom stereocenters. The fourth-order valence-electron chi connectivity index (χ4n) is 1.62. The third-order valence-corrected chi connectivity index (χ3v) is 2.68. The van der Waals surface area contributed by atoms with Crippen molar-refractivity contribution >= 4 is 11.6 Å². The van der Waals surface area contributed by atoms with Crippen LogP contribution in [0.15, 0.2) is 42.6 Å². The lowest BCUT2D eigenvalue weighted by Gasteiger charge is -2.07. The fraction of sp³-hybridized carbons (Fsp3) is 0.143. The number of pyridine rings is 1. The summed E-state index contributed by atoms with van der Waals surface area (Å²) in [5.41, 5.74) is 1.54. The highest BCUT2D eigenvalue weighted by atomic mass is 19.1. The molecule has 0 aliphatic carbocycles. The zero-order valence-corrected chi connectivity index (χ0v) is 10.5. The van der Waals surface area contributed by atoms with Gasteiger partial charge in [0.25, 0.3) is 5.91 Å². The van der Waals surface area contributed by atoms with Crippen molar-refractivity contribution in [2.45, 2.75) is 6.54 Å². The van der Waals surface area contributed by atoms with Crippen LogP contribution in [0.3, 0.4) is 0 Å². The maximum Gasteiger partial charge on any atom is 0.270 e. The van der Waals surface area contributed by atoms with Gasteiger partial charge in [-0.2, -0.15) is 0 Å². The molecule has 1 aromatic carbocycles. The lowest BCUT2D eigenvalue weighted by molar-refractivity contribution is 0.0945. The van der Waals surface area contributed by atoms with Crippen LogP contribution in [-0.2, 0) is 6.54 Å². The molecule has 0 saturated heterocycles. The molecule has 5 heteroatoms. The van der Waals surface area contributed by atoms with Crippen LogP contribution in [0.1, 0.15) is 16.1 Å². The van der Waals surface area contributed by atoms with Gasteiger partial charge in [-0.15, -0.1) is 0 Å². The third kappa shape index (κ3) is 3.28. The van der Waals surface area contributed by atoms with Crippen molar-refractivity contribution in [1.29, 1.82) is 0 Å². The minimum Gasteiger partial charge on any atom is -0.388 e. The molecule has 0 saturated carbocycles. The Balaban J connectivity index is 2.03. The van der Waals surface area contributed by atoms with E-state index in [2.05, 4.69) is 15.6 Å². The molecule has 1 amide bonds. The molecule has 0 unspecified atom stereocenters. The van der Waals surface area contributed by atoms with Crippen molar-refractivity contribution in [2.75, 3.05) is 12.4 Å². The highest BCUT2D eigenvalue weighted by Gasteiger charge is 2.08. The lowest BCUT2D eigenvalue weighted by atomic mass is 10.2. The zero-order valence-electron chi connectivity index (χ0n) is 10.5. The van der Waals surface area contributed by atoms with E-state index in [0.29, 0.717) is 11.3 Å².